The first-order valence-electron chi connectivity index (χ1n) is 9.20. The molecular weight excluding hydrogens is 310 g/mol. The Kier molecular flexibility index (Phi) is 8.50. The molecule has 0 saturated heterocycles. The van der Waals surface area contributed by atoms with Crippen molar-refractivity contribution in [3.8, 4) is 5.75 Å². The topological polar surface area (TPSA) is 30.5 Å². The van der Waals surface area contributed by atoms with Crippen molar-refractivity contribution in [2.24, 2.45) is 0 Å². The molecule has 0 aliphatic carbocycles. The monoisotopic (exact) mass is 341 g/mol. The van der Waals surface area contributed by atoms with Gasteiger partial charge in [0.25, 0.3) is 0 Å². The molecule has 25 heavy (non-hydrogen) atoms. The summed E-state index contributed by atoms with van der Waals surface area (Å²) in [5.74, 6) is 1.47. The molecule has 0 aliphatic heterocycles. The summed E-state index contributed by atoms with van der Waals surface area (Å²) < 4.78 is 11.1. The van der Waals surface area contributed by atoms with Crippen LogP contribution in [-0.4, -0.2) is 32.9 Å². The number of rotatable bonds is 11. The Morgan fingerprint density at radius 3 is 2.36 bits per heavy atom. The van der Waals surface area contributed by atoms with Gasteiger partial charge < -0.3 is 14.8 Å². The van der Waals surface area contributed by atoms with Crippen LogP contribution in [0.5, 0.6) is 5.75 Å². The maximum Gasteiger partial charge on any atom is 0.122 e. The number of methoxy groups -OCH3 is 1. The van der Waals surface area contributed by atoms with Gasteiger partial charge in [0, 0.05) is 13.7 Å². The molecule has 3 nitrogen and oxygen atoms in total. The van der Waals surface area contributed by atoms with Crippen LogP contribution in [0.2, 0.25) is 0 Å². The number of hydrogen-bond donors (Lipinski definition) is 1. The number of ether oxygens (including phenoxy) is 2. The van der Waals surface area contributed by atoms with Gasteiger partial charge >= 0.3 is 0 Å². The van der Waals surface area contributed by atoms with Gasteiger partial charge in [0.05, 0.1) is 12.7 Å². The minimum Gasteiger partial charge on any atom is -0.491 e. The normalized spacial score (nSPS) is 12.3. The first kappa shape index (κ1) is 19.5. The molecule has 0 radical (unpaired) electrons. The average Bonchev–Trinajstić information content (AvgIpc) is 2.62. The van der Waals surface area contributed by atoms with E-state index < -0.39 is 0 Å². The van der Waals surface area contributed by atoms with Gasteiger partial charge in [-0.1, -0.05) is 48.5 Å². The van der Waals surface area contributed by atoms with Crippen LogP contribution in [0.3, 0.4) is 0 Å². The first-order valence-corrected chi connectivity index (χ1v) is 9.20. The van der Waals surface area contributed by atoms with Gasteiger partial charge in [-0.15, -0.1) is 0 Å². The van der Waals surface area contributed by atoms with Crippen molar-refractivity contribution in [3.63, 3.8) is 0 Å². The summed E-state index contributed by atoms with van der Waals surface area (Å²) in [6.07, 6.45) is 2.26. The fourth-order valence-corrected chi connectivity index (χ4v) is 2.99. The highest BCUT2D eigenvalue weighted by Crippen LogP contribution is 2.29. The van der Waals surface area contributed by atoms with E-state index in [1.54, 1.807) is 7.11 Å². The van der Waals surface area contributed by atoms with Crippen LogP contribution in [0.25, 0.3) is 0 Å². The maximum absolute atomic E-state index is 6.01. The lowest BCUT2D eigenvalue weighted by atomic mass is 9.89. The van der Waals surface area contributed by atoms with Gasteiger partial charge in [0.15, 0.2) is 0 Å². The Hall–Kier alpha value is -1.84. The van der Waals surface area contributed by atoms with Crippen molar-refractivity contribution in [1.82, 2.24) is 5.32 Å². The van der Waals surface area contributed by atoms with E-state index in [1.807, 2.05) is 6.07 Å². The molecule has 0 fully saturated rings. The van der Waals surface area contributed by atoms with Gasteiger partial charge in [-0.3, -0.25) is 0 Å². The highest BCUT2D eigenvalue weighted by atomic mass is 16.5. The van der Waals surface area contributed by atoms with Crippen LogP contribution < -0.4 is 10.1 Å². The third-order valence-corrected chi connectivity index (χ3v) is 4.23. The van der Waals surface area contributed by atoms with E-state index in [0.717, 1.165) is 38.3 Å². The van der Waals surface area contributed by atoms with Gasteiger partial charge in [0.1, 0.15) is 5.75 Å². The molecular formula is C22H31NO2. The van der Waals surface area contributed by atoms with Crippen LogP contribution in [-0.2, 0) is 11.2 Å². The number of hydrogen-bond acceptors (Lipinski definition) is 3. The van der Waals surface area contributed by atoms with Gasteiger partial charge in [-0.2, -0.15) is 0 Å². The summed E-state index contributed by atoms with van der Waals surface area (Å²) >= 11 is 0. The molecule has 0 aliphatic rings. The second-order valence-electron chi connectivity index (χ2n) is 6.62. The summed E-state index contributed by atoms with van der Waals surface area (Å²) in [6.45, 7) is 6.78. The van der Waals surface area contributed by atoms with Gasteiger partial charge in [-0.05, 0) is 56.3 Å². The maximum atomic E-state index is 6.01. The quantitative estimate of drug-likeness (QED) is 0.614. The van der Waals surface area contributed by atoms with E-state index in [2.05, 4.69) is 67.7 Å². The Bertz CT molecular complexity index is 598. The summed E-state index contributed by atoms with van der Waals surface area (Å²) in [5, 5.41) is 3.46. The predicted octanol–water partition coefficient (Wildman–Crippen LogP) is 4.43. The molecule has 0 bridgehead atoms. The summed E-state index contributed by atoms with van der Waals surface area (Å²) in [5.41, 5.74) is 2.66. The Labute approximate surface area is 152 Å². The molecule has 2 aromatic rings. The minimum absolute atomic E-state index is 0.187. The second-order valence-corrected chi connectivity index (χ2v) is 6.62. The molecule has 0 heterocycles. The van der Waals surface area contributed by atoms with Crippen molar-refractivity contribution >= 4 is 0 Å². The smallest absolute Gasteiger partial charge is 0.122 e. The Balaban J connectivity index is 2.08. The molecule has 1 unspecified atom stereocenters. The zero-order valence-electron chi connectivity index (χ0n) is 15.7. The second kappa shape index (κ2) is 10.9. The molecule has 0 aromatic heterocycles. The molecule has 0 saturated carbocycles. The number of benzene rings is 2. The highest BCUT2D eigenvalue weighted by molar-refractivity contribution is 5.35. The Morgan fingerprint density at radius 2 is 1.64 bits per heavy atom. The predicted molar refractivity (Wildman–Crippen MR) is 104 cm³/mol. The van der Waals surface area contributed by atoms with E-state index in [4.69, 9.17) is 9.47 Å². The van der Waals surface area contributed by atoms with Crippen molar-refractivity contribution in [1.29, 1.82) is 0 Å². The zero-order valence-corrected chi connectivity index (χ0v) is 15.7. The molecule has 136 valence electrons. The van der Waals surface area contributed by atoms with Crippen LogP contribution in [0.4, 0.5) is 0 Å². The lowest BCUT2D eigenvalue weighted by molar-refractivity contribution is 0.199. The van der Waals surface area contributed by atoms with Crippen molar-refractivity contribution in [3.05, 3.63) is 65.7 Å². The molecule has 0 spiro atoms. The molecule has 1 N–H and O–H groups in total. The van der Waals surface area contributed by atoms with E-state index in [1.165, 1.54) is 11.1 Å². The highest BCUT2D eigenvalue weighted by Gasteiger charge is 2.15. The lowest BCUT2D eigenvalue weighted by Gasteiger charge is -2.21. The fourth-order valence-electron chi connectivity index (χ4n) is 2.99. The van der Waals surface area contributed by atoms with Gasteiger partial charge in [-0.25, -0.2) is 0 Å². The average molecular weight is 341 g/mol. The lowest BCUT2D eigenvalue weighted by Crippen LogP contribution is -2.22. The first-order chi connectivity index (χ1) is 12.2. The molecule has 3 heteroatoms. The van der Waals surface area contributed by atoms with Crippen molar-refractivity contribution < 1.29 is 9.47 Å². The van der Waals surface area contributed by atoms with E-state index in [-0.39, 0.29) is 6.10 Å². The number of nitrogens with one attached hydrogen (secondary N) is 1. The molecule has 2 aromatic carbocycles. The minimum atomic E-state index is 0.187. The van der Waals surface area contributed by atoms with Gasteiger partial charge in [0.2, 0.25) is 0 Å². The summed E-state index contributed by atoms with van der Waals surface area (Å²) in [4.78, 5) is 0. The third-order valence-electron chi connectivity index (χ3n) is 4.23. The zero-order chi connectivity index (χ0) is 17.9. The fraction of sp³-hybridized carbons (Fsp3) is 0.455. The van der Waals surface area contributed by atoms with Crippen molar-refractivity contribution in [2.45, 2.75) is 38.7 Å². The molecule has 0 amide bonds. The van der Waals surface area contributed by atoms with Crippen LogP contribution in [0, 0.1) is 0 Å². The van der Waals surface area contributed by atoms with E-state index >= 15 is 0 Å². The molecule has 2 rings (SSSR count). The third kappa shape index (κ3) is 6.89. The van der Waals surface area contributed by atoms with E-state index in [0.29, 0.717) is 5.92 Å². The number of para-hydroxylation sites is 1. The summed E-state index contributed by atoms with van der Waals surface area (Å²) in [6, 6.07) is 19.2. The standard InChI is InChI=1S/C22H31NO2/c1-18(2)25-22-12-8-7-11-21(22)17-20(13-14-23-15-16-24-3)19-9-5-4-6-10-19/h4-12,18,20,23H,13-17H2,1-3H3. The van der Waals surface area contributed by atoms with Crippen LogP contribution >= 0.6 is 0 Å². The Morgan fingerprint density at radius 1 is 0.920 bits per heavy atom. The molecule has 1 atom stereocenters. The van der Waals surface area contributed by atoms with Crippen LogP contribution in [0.15, 0.2) is 54.6 Å². The largest absolute Gasteiger partial charge is 0.491 e. The van der Waals surface area contributed by atoms with E-state index in [9.17, 15) is 0 Å². The van der Waals surface area contributed by atoms with Crippen molar-refractivity contribution in [2.75, 3.05) is 26.8 Å². The van der Waals surface area contributed by atoms with Crippen LogP contribution in [0.1, 0.15) is 37.3 Å². The summed E-state index contributed by atoms with van der Waals surface area (Å²) in [7, 11) is 1.74. The SMILES string of the molecule is COCCNCCC(Cc1ccccc1OC(C)C)c1ccccc1.